The Morgan fingerprint density at radius 2 is 2.00 bits per heavy atom. The van der Waals surface area contributed by atoms with E-state index in [1.54, 1.807) is 0 Å². The minimum Gasteiger partial charge on any atom is -0.478 e. The van der Waals surface area contributed by atoms with E-state index < -0.39 is 5.97 Å². The molecule has 0 atom stereocenters. The van der Waals surface area contributed by atoms with Crippen LogP contribution in [0.25, 0.3) is 0 Å². The third kappa shape index (κ3) is 3.76. The molecule has 1 aromatic rings. The largest absolute Gasteiger partial charge is 0.478 e. The number of carboxylic acids is 1. The normalized spacial score (nSPS) is 7.75. The zero-order valence-corrected chi connectivity index (χ0v) is 8.12. The van der Waals surface area contributed by atoms with Crippen molar-refractivity contribution >= 4 is 42.4 Å². The lowest BCUT2D eigenvalue weighted by Crippen LogP contribution is -1.95. The van der Waals surface area contributed by atoms with E-state index in [4.69, 9.17) is 16.7 Å². The van der Waals surface area contributed by atoms with Crippen LogP contribution in [-0.4, -0.2) is 16.1 Å². The first-order valence-corrected chi connectivity index (χ1v) is 2.92. The van der Waals surface area contributed by atoms with Gasteiger partial charge in [-0.05, 0) is 6.07 Å². The lowest BCUT2D eigenvalue weighted by atomic mass is 10.3. The molecule has 3 nitrogen and oxygen atoms in total. The van der Waals surface area contributed by atoms with E-state index in [2.05, 4.69) is 4.98 Å². The molecule has 68 valence electrons. The molecule has 0 aliphatic rings. The summed E-state index contributed by atoms with van der Waals surface area (Å²) in [5.41, 5.74) is 0.104. The van der Waals surface area contributed by atoms with Crippen LogP contribution in [0.3, 0.4) is 0 Å². The Hall–Kier alpha value is -0.510. The van der Waals surface area contributed by atoms with Gasteiger partial charge >= 0.3 is 5.97 Å². The maximum absolute atomic E-state index is 10.3. The molecule has 1 aromatic heterocycles. The molecule has 0 radical (unpaired) electrons. The van der Waals surface area contributed by atoms with E-state index in [-0.39, 0.29) is 30.4 Å². The molecular formula is C6H6Cl3NO2. The minimum atomic E-state index is -1.02. The Morgan fingerprint density at radius 1 is 1.42 bits per heavy atom. The van der Waals surface area contributed by atoms with Gasteiger partial charge < -0.3 is 5.11 Å². The zero-order chi connectivity index (χ0) is 7.56. The van der Waals surface area contributed by atoms with E-state index in [0.29, 0.717) is 5.02 Å². The summed E-state index contributed by atoms with van der Waals surface area (Å²) in [7, 11) is 0. The van der Waals surface area contributed by atoms with E-state index in [1.165, 1.54) is 18.5 Å². The van der Waals surface area contributed by atoms with Crippen LogP contribution in [0.2, 0.25) is 5.02 Å². The van der Waals surface area contributed by atoms with Crippen molar-refractivity contribution in [1.29, 1.82) is 0 Å². The molecule has 0 spiro atoms. The van der Waals surface area contributed by atoms with Crippen molar-refractivity contribution in [3.8, 4) is 0 Å². The van der Waals surface area contributed by atoms with Crippen molar-refractivity contribution in [2.24, 2.45) is 0 Å². The van der Waals surface area contributed by atoms with Crippen LogP contribution in [-0.2, 0) is 0 Å². The highest BCUT2D eigenvalue weighted by molar-refractivity contribution is 6.30. The number of pyridine rings is 1. The summed E-state index contributed by atoms with van der Waals surface area (Å²) < 4.78 is 0. The predicted molar refractivity (Wildman–Crippen MR) is 50.7 cm³/mol. The molecule has 0 amide bonds. The van der Waals surface area contributed by atoms with Gasteiger partial charge in [0.15, 0.2) is 0 Å². The number of hydrogen-bond acceptors (Lipinski definition) is 2. The minimum absolute atomic E-state index is 0. The average Bonchev–Trinajstić information content (AvgIpc) is 1.88. The Morgan fingerprint density at radius 3 is 2.33 bits per heavy atom. The van der Waals surface area contributed by atoms with Gasteiger partial charge in [-0.25, -0.2) is 4.79 Å². The number of carbonyl (C=O) groups is 1. The van der Waals surface area contributed by atoms with Crippen LogP contribution in [0.15, 0.2) is 18.5 Å². The van der Waals surface area contributed by atoms with Gasteiger partial charge in [0, 0.05) is 12.4 Å². The van der Waals surface area contributed by atoms with Gasteiger partial charge in [-0.1, -0.05) is 11.6 Å². The number of nitrogens with zero attached hydrogens (tertiary/aromatic N) is 1. The van der Waals surface area contributed by atoms with Crippen molar-refractivity contribution < 1.29 is 9.90 Å². The highest BCUT2D eigenvalue weighted by Crippen LogP contribution is 2.07. The Balaban J connectivity index is 0. The van der Waals surface area contributed by atoms with Crippen LogP contribution in [0.5, 0.6) is 0 Å². The quantitative estimate of drug-likeness (QED) is 0.805. The average molecular weight is 230 g/mol. The van der Waals surface area contributed by atoms with Crippen molar-refractivity contribution in [2.45, 2.75) is 0 Å². The summed E-state index contributed by atoms with van der Waals surface area (Å²) in [6, 6.07) is 1.34. The topological polar surface area (TPSA) is 50.2 Å². The summed E-state index contributed by atoms with van der Waals surface area (Å²) in [5.74, 6) is -1.02. The second kappa shape index (κ2) is 6.06. The summed E-state index contributed by atoms with van der Waals surface area (Å²) >= 11 is 5.46. The first-order valence-electron chi connectivity index (χ1n) is 2.54. The molecule has 0 saturated heterocycles. The highest BCUT2D eigenvalue weighted by atomic mass is 35.5. The molecular weight excluding hydrogens is 224 g/mol. The van der Waals surface area contributed by atoms with Crippen molar-refractivity contribution in [1.82, 2.24) is 4.98 Å². The van der Waals surface area contributed by atoms with Crippen molar-refractivity contribution in [2.75, 3.05) is 0 Å². The fourth-order valence-corrected chi connectivity index (χ4v) is 0.703. The molecule has 0 bridgehead atoms. The van der Waals surface area contributed by atoms with E-state index in [9.17, 15) is 4.79 Å². The van der Waals surface area contributed by atoms with Gasteiger partial charge in [0.1, 0.15) is 0 Å². The van der Waals surface area contributed by atoms with Gasteiger partial charge in [-0.15, -0.1) is 24.8 Å². The molecule has 0 aromatic carbocycles. The number of rotatable bonds is 1. The highest BCUT2D eigenvalue weighted by Gasteiger charge is 2.01. The molecule has 1 heterocycles. The summed E-state index contributed by atoms with van der Waals surface area (Å²) in [6.07, 6.45) is 2.63. The van der Waals surface area contributed by atoms with Gasteiger partial charge in [-0.3, -0.25) is 4.98 Å². The number of aromatic carboxylic acids is 1. The van der Waals surface area contributed by atoms with E-state index >= 15 is 0 Å². The molecule has 0 aliphatic carbocycles. The molecule has 6 heteroatoms. The zero-order valence-electron chi connectivity index (χ0n) is 5.73. The van der Waals surface area contributed by atoms with Gasteiger partial charge in [-0.2, -0.15) is 0 Å². The lowest BCUT2D eigenvalue weighted by molar-refractivity contribution is 0.0696. The maximum atomic E-state index is 10.3. The molecule has 0 fully saturated rings. The molecule has 1 N–H and O–H groups in total. The predicted octanol–water partition coefficient (Wildman–Crippen LogP) is 2.28. The Bertz CT molecular complexity index is 267. The lowest BCUT2D eigenvalue weighted by Gasteiger charge is -1.91. The van der Waals surface area contributed by atoms with Crippen LogP contribution in [0.4, 0.5) is 0 Å². The molecule has 0 unspecified atom stereocenters. The van der Waals surface area contributed by atoms with E-state index in [1.807, 2.05) is 0 Å². The molecule has 0 aliphatic heterocycles. The fourth-order valence-electron chi connectivity index (χ4n) is 0.529. The Kier molecular flexibility index (Phi) is 7.09. The fraction of sp³-hybridized carbons (Fsp3) is 0. The first-order chi connectivity index (χ1) is 4.70. The first kappa shape index (κ1) is 14.0. The second-order valence-corrected chi connectivity index (χ2v) is 2.13. The van der Waals surface area contributed by atoms with Crippen LogP contribution < -0.4 is 0 Å². The van der Waals surface area contributed by atoms with Gasteiger partial charge in [0.2, 0.25) is 0 Å². The number of hydrogen-bond donors (Lipinski definition) is 1. The van der Waals surface area contributed by atoms with Crippen molar-refractivity contribution in [3.05, 3.63) is 29.0 Å². The summed E-state index contributed by atoms with van der Waals surface area (Å²) in [4.78, 5) is 13.8. The van der Waals surface area contributed by atoms with Gasteiger partial charge in [0.25, 0.3) is 0 Å². The molecule has 0 saturated carbocycles. The number of carboxylic acid groups (broad SMARTS) is 1. The monoisotopic (exact) mass is 229 g/mol. The number of halogens is 3. The van der Waals surface area contributed by atoms with E-state index in [0.717, 1.165) is 0 Å². The summed E-state index contributed by atoms with van der Waals surface area (Å²) in [5, 5.41) is 8.74. The second-order valence-electron chi connectivity index (χ2n) is 1.70. The van der Waals surface area contributed by atoms with Crippen LogP contribution in [0.1, 0.15) is 10.4 Å². The third-order valence-corrected chi connectivity index (χ3v) is 1.16. The summed E-state index contributed by atoms with van der Waals surface area (Å²) in [6.45, 7) is 0. The van der Waals surface area contributed by atoms with Crippen LogP contribution >= 0.6 is 36.4 Å². The van der Waals surface area contributed by atoms with Crippen molar-refractivity contribution in [3.63, 3.8) is 0 Å². The van der Waals surface area contributed by atoms with Gasteiger partial charge in [0.05, 0.1) is 10.6 Å². The Labute approximate surface area is 86.6 Å². The molecule has 1 rings (SSSR count). The standard InChI is InChI=1S/C6H4ClNO2.2ClH/c7-5-1-4(6(9)10)2-8-3-5;;/h1-3H,(H,9,10);2*1H. The third-order valence-electron chi connectivity index (χ3n) is 0.952. The van der Waals surface area contributed by atoms with Crippen LogP contribution in [0, 0.1) is 0 Å². The SMILES string of the molecule is Cl.Cl.O=C(O)c1cncc(Cl)c1. The molecule has 12 heavy (non-hydrogen) atoms. The maximum Gasteiger partial charge on any atom is 0.337 e. The number of aromatic nitrogens is 1. The smallest absolute Gasteiger partial charge is 0.337 e.